The lowest BCUT2D eigenvalue weighted by atomic mass is 10.4. The predicted molar refractivity (Wildman–Crippen MR) is 33.3 cm³/mol. The molecule has 0 radical (unpaired) electrons. The zero-order chi connectivity index (χ0) is 5.98. The van der Waals surface area contributed by atoms with Gasteiger partial charge in [0.1, 0.15) is 0 Å². The van der Waals surface area contributed by atoms with Crippen molar-refractivity contribution in [3.63, 3.8) is 0 Å². The van der Waals surface area contributed by atoms with Gasteiger partial charge in [-0.15, -0.1) is 12.4 Å². The molecule has 1 rings (SSSR count). The Labute approximate surface area is 58.4 Å². The Bertz CT molecular complexity index is 121. The van der Waals surface area contributed by atoms with E-state index in [1.807, 2.05) is 0 Å². The zero-order valence-electron chi connectivity index (χ0n) is 4.64. The third kappa shape index (κ3) is 1.89. The quantitative estimate of drug-likeness (QED) is 0.420. The molecule has 0 aromatic carbocycles. The van der Waals surface area contributed by atoms with Gasteiger partial charge in [0.05, 0.1) is 0 Å². The number of halogens is 1. The standard InChI is InChI=1S/C4H6N2O2.ClH/c7-3-4(8)6-2-1-5-3;/h1-2H2,(H,5,7)(H,6,8);1H. The highest BCUT2D eigenvalue weighted by atomic mass is 35.5. The van der Waals surface area contributed by atoms with Gasteiger partial charge in [-0.05, 0) is 0 Å². The number of carbonyl (C=O) groups is 2. The van der Waals surface area contributed by atoms with Crippen LogP contribution in [0.3, 0.4) is 0 Å². The van der Waals surface area contributed by atoms with Crippen molar-refractivity contribution in [3.8, 4) is 0 Å². The average Bonchev–Trinajstić information content (AvgIpc) is 1.77. The summed E-state index contributed by atoms with van der Waals surface area (Å²) >= 11 is 0. The molecule has 0 spiro atoms. The van der Waals surface area contributed by atoms with Gasteiger partial charge in [0.15, 0.2) is 0 Å². The molecule has 1 fully saturated rings. The Kier molecular flexibility index (Phi) is 3.01. The Balaban J connectivity index is 0.000000640. The van der Waals surface area contributed by atoms with Gasteiger partial charge in [-0.2, -0.15) is 0 Å². The summed E-state index contributed by atoms with van der Waals surface area (Å²) in [5.41, 5.74) is 0. The van der Waals surface area contributed by atoms with Crippen LogP contribution < -0.4 is 10.6 Å². The van der Waals surface area contributed by atoms with Gasteiger partial charge in [-0.1, -0.05) is 0 Å². The first-order valence-corrected chi connectivity index (χ1v) is 2.37. The minimum Gasteiger partial charge on any atom is -0.346 e. The average molecular weight is 151 g/mol. The second-order valence-electron chi connectivity index (χ2n) is 1.51. The number of nitrogens with one attached hydrogen (secondary N) is 2. The molecule has 9 heavy (non-hydrogen) atoms. The summed E-state index contributed by atoms with van der Waals surface area (Å²) < 4.78 is 0. The first-order valence-electron chi connectivity index (χ1n) is 2.37. The van der Waals surface area contributed by atoms with Crippen LogP contribution in [0.1, 0.15) is 0 Å². The van der Waals surface area contributed by atoms with Crippen LogP contribution in [0, 0.1) is 0 Å². The third-order valence-corrected chi connectivity index (χ3v) is 0.902. The van der Waals surface area contributed by atoms with Crippen molar-refractivity contribution in [2.75, 3.05) is 13.1 Å². The molecule has 0 aromatic rings. The first-order chi connectivity index (χ1) is 3.80. The van der Waals surface area contributed by atoms with E-state index in [9.17, 15) is 9.59 Å². The van der Waals surface area contributed by atoms with Crippen molar-refractivity contribution < 1.29 is 9.59 Å². The fraction of sp³-hybridized carbons (Fsp3) is 0.500. The van der Waals surface area contributed by atoms with Gasteiger partial charge in [0.2, 0.25) is 0 Å². The molecule has 0 saturated carbocycles. The number of hydrogen-bond acceptors (Lipinski definition) is 2. The van der Waals surface area contributed by atoms with Crippen LogP contribution in [0.4, 0.5) is 0 Å². The molecule has 4 nitrogen and oxygen atoms in total. The molecule has 1 heterocycles. The summed E-state index contributed by atoms with van der Waals surface area (Å²) in [5, 5.41) is 4.76. The van der Waals surface area contributed by atoms with E-state index in [1.54, 1.807) is 0 Å². The number of hydrogen-bond donors (Lipinski definition) is 2. The van der Waals surface area contributed by atoms with Crippen LogP contribution in [0.5, 0.6) is 0 Å². The lowest BCUT2D eigenvalue weighted by Gasteiger charge is -2.10. The van der Waals surface area contributed by atoms with E-state index < -0.39 is 11.8 Å². The normalized spacial score (nSPS) is 17.3. The first kappa shape index (κ1) is 8.23. The van der Waals surface area contributed by atoms with Crippen LogP contribution in [0.15, 0.2) is 0 Å². The summed E-state index contributed by atoms with van der Waals surface area (Å²) in [7, 11) is 0. The van der Waals surface area contributed by atoms with E-state index in [0.717, 1.165) is 0 Å². The number of rotatable bonds is 0. The monoisotopic (exact) mass is 150 g/mol. The number of amides is 2. The van der Waals surface area contributed by atoms with Crippen molar-refractivity contribution in [2.24, 2.45) is 0 Å². The Morgan fingerprint density at radius 1 is 1.00 bits per heavy atom. The summed E-state index contributed by atoms with van der Waals surface area (Å²) in [6, 6.07) is 0. The Morgan fingerprint density at radius 3 is 1.56 bits per heavy atom. The van der Waals surface area contributed by atoms with E-state index >= 15 is 0 Å². The molecule has 1 aliphatic heterocycles. The minimum absolute atomic E-state index is 0. The van der Waals surface area contributed by atoms with Gasteiger partial charge in [-0.3, -0.25) is 9.59 Å². The van der Waals surface area contributed by atoms with Crippen molar-refractivity contribution in [1.82, 2.24) is 10.6 Å². The van der Waals surface area contributed by atoms with E-state index in [-0.39, 0.29) is 12.4 Å². The lowest BCUT2D eigenvalue weighted by molar-refractivity contribution is -0.140. The largest absolute Gasteiger partial charge is 0.346 e. The Hall–Kier alpha value is -0.770. The van der Waals surface area contributed by atoms with Crippen LogP contribution in [-0.2, 0) is 9.59 Å². The van der Waals surface area contributed by atoms with Crippen LogP contribution in [0.25, 0.3) is 0 Å². The van der Waals surface area contributed by atoms with Crippen molar-refractivity contribution >= 4 is 24.2 Å². The van der Waals surface area contributed by atoms with Crippen molar-refractivity contribution in [3.05, 3.63) is 0 Å². The molecule has 1 saturated heterocycles. The lowest BCUT2D eigenvalue weighted by Crippen LogP contribution is -2.49. The van der Waals surface area contributed by atoms with Crippen LogP contribution >= 0.6 is 12.4 Å². The fourth-order valence-electron chi connectivity index (χ4n) is 0.513. The Morgan fingerprint density at radius 2 is 1.33 bits per heavy atom. The fourth-order valence-corrected chi connectivity index (χ4v) is 0.513. The molecule has 0 atom stereocenters. The third-order valence-electron chi connectivity index (χ3n) is 0.902. The van der Waals surface area contributed by atoms with E-state index in [0.29, 0.717) is 13.1 Å². The van der Waals surface area contributed by atoms with Gasteiger partial charge in [-0.25, -0.2) is 0 Å². The van der Waals surface area contributed by atoms with Gasteiger partial charge in [0, 0.05) is 13.1 Å². The molecule has 0 aliphatic carbocycles. The summed E-state index contributed by atoms with van der Waals surface area (Å²) in [4.78, 5) is 20.5. The minimum atomic E-state index is -0.531. The second kappa shape index (κ2) is 3.29. The maximum Gasteiger partial charge on any atom is 0.309 e. The zero-order valence-corrected chi connectivity index (χ0v) is 5.46. The molecule has 0 unspecified atom stereocenters. The molecule has 0 aromatic heterocycles. The predicted octanol–water partition coefficient (Wildman–Crippen LogP) is -1.35. The molecule has 1 aliphatic rings. The number of carbonyl (C=O) groups excluding carboxylic acids is 2. The summed E-state index contributed by atoms with van der Waals surface area (Å²) in [6.07, 6.45) is 0. The topological polar surface area (TPSA) is 58.2 Å². The summed E-state index contributed by atoms with van der Waals surface area (Å²) in [6.45, 7) is 1.09. The molecule has 2 amide bonds. The molecule has 0 bridgehead atoms. The van der Waals surface area contributed by atoms with Crippen LogP contribution in [-0.4, -0.2) is 24.9 Å². The SMILES string of the molecule is Cl.O=C1NCCNC1=O. The second-order valence-corrected chi connectivity index (χ2v) is 1.51. The maximum atomic E-state index is 10.3. The van der Waals surface area contributed by atoms with E-state index in [2.05, 4.69) is 10.6 Å². The highest BCUT2D eigenvalue weighted by Crippen LogP contribution is 1.73. The summed E-state index contributed by atoms with van der Waals surface area (Å²) in [5.74, 6) is -1.06. The number of piperazine rings is 1. The highest BCUT2D eigenvalue weighted by molar-refractivity contribution is 6.35. The molecule has 2 N–H and O–H groups in total. The van der Waals surface area contributed by atoms with Gasteiger partial charge >= 0.3 is 11.8 Å². The van der Waals surface area contributed by atoms with Crippen molar-refractivity contribution in [1.29, 1.82) is 0 Å². The molecule has 52 valence electrons. The van der Waals surface area contributed by atoms with Gasteiger partial charge in [0.25, 0.3) is 0 Å². The molecular formula is C4H7ClN2O2. The maximum absolute atomic E-state index is 10.3. The molecular weight excluding hydrogens is 144 g/mol. The van der Waals surface area contributed by atoms with Gasteiger partial charge < -0.3 is 10.6 Å². The van der Waals surface area contributed by atoms with E-state index in [1.165, 1.54) is 0 Å². The van der Waals surface area contributed by atoms with E-state index in [4.69, 9.17) is 0 Å². The highest BCUT2D eigenvalue weighted by Gasteiger charge is 2.15. The molecule has 5 heteroatoms. The smallest absolute Gasteiger partial charge is 0.309 e. The van der Waals surface area contributed by atoms with Crippen LogP contribution in [0.2, 0.25) is 0 Å². The van der Waals surface area contributed by atoms with Crippen molar-refractivity contribution in [2.45, 2.75) is 0 Å².